The van der Waals surface area contributed by atoms with Gasteiger partial charge in [0.15, 0.2) is 0 Å². The molecule has 1 aromatic rings. The van der Waals surface area contributed by atoms with Gasteiger partial charge in [-0.05, 0) is 63.4 Å². The van der Waals surface area contributed by atoms with E-state index in [2.05, 4.69) is 11.8 Å². The molecule has 3 nitrogen and oxygen atoms in total. The van der Waals surface area contributed by atoms with Crippen LogP contribution in [-0.2, 0) is 0 Å². The molecule has 0 aromatic heterocycles. The van der Waals surface area contributed by atoms with E-state index >= 15 is 0 Å². The minimum absolute atomic E-state index is 0.154. The van der Waals surface area contributed by atoms with E-state index in [4.69, 9.17) is 16.3 Å². The second-order valence-electron chi connectivity index (χ2n) is 5.92. The number of aliphatic hydroxyl groups excluding tert-OH is 1. The topological polar surface area (TPSA) is 32.7 Å². The number of benzene rings is 1. The Balaban J connectivity index is 2.44. The van der Waals surface area contributed by atoms with E-state index in [1.165, 1.54) is 12.8 Å². The quantitative estimate of drug-likeness (QED) is 0.867. The highest BCUT2D eigenvalue weighted by atomic mass is 35.5. The molecule has 0 saturated carbocycles. The lowest BCUT2D eigenvalue weighted by molar-refractivity contribution is 0.123. The monoisotopic (exact) mass is 311 g/mol. The first-order valence-corrected chi connectivity index (χ1v) is 8.24. The molecule has 1 aliphatic heterocycles. The van der Waals surface area contributed by atoms with Gasteiger partial charge in [0.2, 0.25) is 0 Å². The van der Waals surface area contributed by atoms with Crippen molar-refractivity contribution in [2.24, 2.45) is 5.92 Å². The van der Waals surface area contributed by atoms with Crippen molar-refractivity contribution in [2.45, 2.75) is 39.7 Å². The molecule has 2 rings (SSSR count). The van der Waals surface area contributed by atoms with Crippen molar-refractivity contribution in [1.29, 1.82) is 0 Å². The molecule has 118 valence electrons. The fraction of sp³-hybridized carbons (Fsp3) is 0.647. The average Bonchev–Trinajstić information content (AvgIpc) is 2.98. The third kappa shape index (κ3) is 3.71. The van der Waals surface area contributed by atoms with Crippen LogP contribution in [0, 0.1) is 12.8 Å². The zero-order valence-electron chi connectivity index (χ0n) is 13.2. The van der Waals surface area contributed by atoms with Gasteiger partial charge in [0.1, 0.15) is 5.75 Å². The summed E-state index contributed by atoms with van der Waals surface area (Å²) in [5.41, 5.74) is 2.14. The molecule has 0 radical (unpaired) electrons. The third-order valence-electron chi connectivity index (χ3n) is 4.27. The summed E-state index contributed by atoms with van der Waals surface area (Å²) in [6, 6.07) is 4.21. The van der Waals surface area contributed by atoms with Crippen molar-refractivity contribution in [3.05, 3.63) is 28.3 Å². The molecule has 1 heterocycles. The normalized spacial score (nSPS) is 18.7. The van der Waals surface area contributed by atoms with E-state index in [-0.39, 0.29) is 18.6 Å². The third-order valence-corrected chi connectivity index (χ3v) is 4.68. The van der Waals surface area contributed by atoms with Crippen LogP contribution in [0.5, 0.6) is 5.75 Å². The van der Waals surface area contributed by atoms with Crippen LogP contribution in [0.4, 0.5) is 0 Å². The SMILES string of the molecule is CCOc1cc(C)c(Cl)cc1C(C(C)CO)N1CCCC1. The number of aryl methyl sites for hydroxylation is 1. The van der Waals surface area contributed by atoms with Crippen LogP contribution < -0.4 is 4.74 Å². The van der Waals surface area contributed by atoms with Crippen molar-refractivity contribution in [2.75, 3.05) is 26.3 Å². The van der Waals surface area contributed by atoms with Crippen LogP contribution in [0.3, 0.4) is 0 Å². The molecule has 0 bridgehead atoms. The molecule has 1 saturated heterocycles. The Hall–Kier alpha value is -0.770. The van der Waals surface area contributed by atoms with E-state index < -0.39 is 0 Å². The molecular formula is C17H26ClNO2. The molecule has 1 N–H and O–H groups in total. The Labute approximate surface area is 132 Å². The smallest absolute Gasteiger partial charge is 0.124 e. The summed E-state index contributed by atoms with van der Waals surface area (Å²) in [5, 5.41) is 10.4. The van der Waals surface area contributed by atoms with Crippen LogP contribution in [-0.4, -0.2) is 36.3 Å². The summed E-state index contributed by atoms with van der Waals surface area (Å²) in [5.74, 6) is 1.05. The Kier molecular flexibility index (Phi) is 5.91. The van der Waals surface area contributed by atoms with Gasteiger partial charge in [-0.15, -0.1) is 0 Å². The molecule has 0 aliphatic carbocycles. The largest absolute Gasteiger partial charge is 0.494 e. The van der Waals surface area contributed by atoms with Crippen molar-refractivity contribution in [3.8, 4) is 5.75 Å². The summed E-state index contributed by atoms with van der Waals surface area (Å²) in [6.45, 7) is 9.03. The first-order chi connectivity index (χ1) is 10.1. The maximum Gasteiger partial charge on any atom is 0.124 e. The minimum Gasteiger partial charge on any atom is -0.494 e. The van der Waals surface area contributed by atoms with Gasteiger partial charge in [-0.3, -0.25) is 4.90 Å². The second-order valence-corrected chi connectivity index (χ2v) is 6.33. The van der Waals surface area contributed by atoms with Crippen molar-refractivity contribution >= 4 is 11.6 Å². The standard InChI is InChI=1S/C17H26ClNO2/c1-4-21-16-9-12(2)15(18)10-14(16)17(13(3)11-20)19-7-5-6-8-19/h9-10,13,17,20H,4-8,11H2,1-3H3. The Morgan fingerprint density at radius 3 is 2.57 bits per heavy atom. The first kappa shape index (κ1) is 16.6. The fourth-order valence-corrected chi connectivity index (χ4v) is 3.34. The number of aliphatic hydroxyl groups is 1. The van der Waals surface area contributed by atoms with E-state index in [1.807, 2.05) is 26.0 Å². The fourth-order valence-electron chi connectivity index (χ4n) is 3.16. The van der Waals surface area contributed by atoms with Gasteiger partial charge in [-0.1, -0.05) is 18.5 Å². The molecule has 1 aliphatic rings. The first-order valence-electron chi connectivity index (χ1n) is 7.86. The Bertz CT molecular complexity index is 472. The van der Waals surface area contributed by atoms with Crippen molar-refractivity contribution < 1.29 is 9.84 Å². The molecule has 2 atom stereocenters. The number of likely N-dealkylation sites (tertiary alicyclic amines) is 1. The summed E-state index contributed by atoms with van der Waals surface area (Å²) in [7, 11) is 0. The zero-order chi connectivity index (χ0) is 15.4. The minimum atomic E-state index is 0.154. The maximum absolute atomic E-state index is 9.67. The summed E-state index contributed by atoms with van der Waals surface area (Å²) >= 11 is 6.35. The predicted octanol–water partition coefficient (Wildman–Crippen LogP) is 3.81. The van der Waals surface area contributed by atoms with Gasteiger partial charge in [0.05, 0.1) is 6.61 Å². The summed E-state index contributed by atoms with van der Waals surface area (Å²) in [6.07, 6.45) is 2.44. The van der Waals surface area contributed by atoms with Gasteiger partial charge in [0, 0.05) is 23.2 Å². The van der Waals surface area contributed by atoms with Crippen molar-refractivity contribution in [3.63, 3.8) is 0 Å². The van der Waals surface area contributed by atoms with E-state index in [9.17, 15) is 5.11 Å². The molecular weight excluding hydrogens is 286 g/mol. The number of hydrogen-bond donors (Lipinski definition) is 1. The molecule has 21 heavy (non-hydrogen) atoms. The summed E-state index contributed by atoms with van der Waals surface area (Å²) < 4.78 is 5.84. The molecule has 0 spiro atoms. The number of halogens is 1. The van der Waals surface area contributed by atoms with Gasteiger partial charge < -0.3 is 9.84 Å². The highest BCUT2D eigenvalue weighted by Gasteiger charge is 2.30. The van der Waals surface area contributed by atoms with Crippen molar-refractivity contribution in [1.82, 2.24) is 4.90 Å². The molecule has 1 fully saturated rings. The molecule has 2 unspecified atom stereocenters. The molecule has 4 heteroatoms. The van der Waals surface area contributed by atoms with Crippen LogP contribution in [0.15, 0.2) is 12.1 Å². The van der Waals surface area contributed by atoms with Crippen LogP contribution in [0.2, 0.25) is 5.02 Å². The highest BCUT2D eigenvalue weighted by molar-refractivity contribution is 6.31. The lowest BCUT2D eigenvalue weighted by Crippen LogP contribution is -2.32. The number of rotatable bonds is 6. The van der Waals surface area contributed by atoms with Crippen LogP contribution >= 0.6 is 11.6 Å². The predicted molar refractivity (Wildman–Crippen MR) is 87.2 cm³/mol. The van der Waals surface area contributed by atoms with E-state index in [0.717, 1.165) is 35.0 Å². The second kappa shape index (κ2) is 7.48. The zero-order valence-corrected chi connectivity index (χ0v) is 14.0. The number of nitrogens with zero attached hydrogens (tertiary/aromatic N) is 1. The van der Waals surface area contributed by atoms with Crippen LogP contribution in [0.25, 0.3) is 0 Å². The number of ether oxygens (including phenoxy) is 1. The Morgan fingerprint density at radius 1 is 1.33 bits per heavy atom. The lowest BCUT2D eigenvalue weighted by atomic mass is 9.92. The average molecular weight is 312 g/mol. The molecule has 0 amide bonds. The number of hydrogen-bond acceptors (Lipinski definition) is 3. The van der Waals surface area contributed by atoms with Gasteiger partial charge in [0.25, 0.3) is 0 Å². The van der Waals surface area contributed by atoms with E-state index in [0.29, 0.717) is 6.61 Å². The Morgan fingerprint density at radius 2 is 2.00 bits per heavy atom. The van der Waals surface area contributed by atoms with E-state index in [1.54, 1.807) is 0 Å². The van der Waals surface area contributed by atoms with Gasteiger partial charge in [-0.2, -0.15) is 0 Å². The van der Waals surface area contributed by atoms with Gasteiger partial charge >= 0.3 is 0 Å². The van der Waals surface area contributed by atoms with Crippen LogP contribution in [0.1, 0.15) is 43.9 Å². The lowest BCUT2D eigenvalue weighted by Gasteiger charge is -2.33. The maximum atomic E-state index is 9.67. The summed E-state index contributed by atoms with van der Waals surface area (Å²) in [4.78, 5) is 2.45. The highest BCUT2D eigenvalue weighted by Crippen LogP contribution is 2.39. The van der Waals surface area contributed by atoms with Gasteiger partial charge in [-0.25, -0.2) is 0 Å². The molecule has 1 aromatic carbocycles.